The Hall–Kier alpha value is -3.20. The van der Waals surface area contributed by atoms with E-state index in [0.29, 0.717) is 11.7 Å². The van der Waals surface area contributed by atoms with Crippen LogP contribution in [0.25, 0.3) is 11.1 Å². The first-order chi connectivity index (χ1) is 15.7. The van der Waals surface area contributed by atoms with Gasteiger partial charge in [0.05, 0.1) is 0 Å². The molecule has 0 fully saturated rings. The Labute approximate surface area is 199 Å². The Morgan fingerprint density at radius 1 is 0.818 bits per heavy atom. The molecule has 0 aromatic heterocycles. The molecule has 0 heterocycles. The normalized spacial score (nSPS) is 12.8. The van der Waals surface area contributed by atoms with Gasteiger partial charge in [-0.05, 0) is 66.8 Å². The molecule has 0 spiro atoms. The standard InChI is InChI=1S/C30H37N3/c1-8-30(6,9-2)26-18-21(4)27(22(5)19-26)23-14-16-24(17-15-23)28(31)33-29(32-7)25-12-10-20(3)11-13-25/h10-19H,8-9H2,1-7H3,(H2,31,32,33). The number of aryl methyl sites for hydroxylation is 3. The molecule has 0 bridgehead atoms. The van der Waals surface area contributed by atoms with Crippen molar-refractivity contribution in [3.05, 3.63) is 94.0 Å². The fourth-order valence-corrected chi connectivity index (χ4v) is 4.36. The molecule has 0 atom stereocenters. The second-order valence-electron chi connectivity index (χ2n) is 9.24. The molecule has 0 saturated carbocycles. The summed E-state index contributed by atoms with van der Waals surface area (Å²) >= 11 is 0. The third-order valence-electron chi connectivity index (χ3n) is 7.01. The molecule has 0 aliphatic carbocycles. The van der Waals surface area contributed by atoms with E-state index in [1.165, 1.54) is 33.4 Å². The molecule has 0 saturated heterocycles. The Balaban J connectivity index is 1.91. The summed E-state index contributed by atoms with van der Waals surface area (Å²) in [5.41, 5.74) is 16.2. The van der Waals surface area contributed by atoms with Crippen LogP contribution in [-0.2, 0) is 5.41 Å². The highest BCUT2D eigenvalue weighted by Gasteiger charge is 2.23. The van der Waals surface area contributed by atoms with Crippen molar-refractivity contribution in [3.63, 3.8) is 0 Å². The largest absolute Gasteiger partial charge is 0.383 e. The molecular weight excluding hydrogens is 402 g/mol. The van der Waals surface area contributed by atoms with Gasteiger partial charge >= 0.3 is 0 Å². The molecule has 3 aromatic carbocycles. The van der Waals surface area contributed by atoms with Crippen molar-refractivity contribution < 1.29 is 0 Å². The average molecular weight is 440 g/mol. The second kappa shape index (κ2) is 10.2. The molecule has 33 heavy (non-hydrogen) atoms. The summed E-state index contributed by atoms with van der Waals surface area (Å²) in [5, 5.41) is 0. The molecule has 3 heteroatoms. The SMILES string of the molecule is CCC(C)(CC)c1cc(C)c(-c2ccc(C(N)=NC(=NC)c3ccc(C)cc3)cc2)c(C)c1. The third kappa shape index (κ3) is 5.24. The van der Waals surface area contributed by atoms with Crippen LogP contribution in [-0.4, -0.2) is 18.7 Å². The number of nitrogens with two attached hydrogens (primary N) is 1. The van der Waals surface area contributed by atoms with Crippen molar-refractivity contribution in [2.75, 3.05) is 7.05 Å². The molecular formula is C30H37N3. The van der Waals surface area contributed by atoms with Crippen LogP contribution < -0.4 is 5.73 Å². The van der Waals surface area contributed by atoms with Crippen LogP contribution in [0.3, 0.4) is 0 Å². The molecule has 0 aliphatic heterocycles. The van der Waals surface area contributed by atoms with Crippen molar-refractivity contribution in [1.82, 2.24) is 0 Å². The summed E-state index contributed by atoms with van der Waals surface area (Å²) in [6, 6.07) is 21.3. The molecule has 2 N–H and O–H groups in total. The number of nitrogens with zero attached hydrogens (tertiary/aromatic N) is 2. The van der Waals surface area contributed by atoms with Gasteiger partial charge in [-0.2, -0.15) is 0 Å². The summed E-state index contributed by atoms with van der Waals surface area (Å²) in [6.07, 6.45) is 2.28. The highest BCUT2D eigenvalue weighted by Crippen LogP contribution is 2.36. The predicted molar refractivity (Wildman–Crippen MR) is 144 cm³/mol. The lowest BCUT2D eigenvalue weighted by Crippen LogP contribution is -2.20. The van der Waals surface area contributed by atoms with Gasteiger partial charge in [-0.1, -0.05) is 87.0 Å². The first kappa shape index (κ1) is 24.4. The molecule has 3 rings (SSSR count). The topological polar surface area (TPSA) is 50.7 Å². The van der Waals surface area contributed by atoms with Crippen LogP contribution in [0.4, 0.5) is 0 Å². The highest BCUT2D eigenvalue weighted by atomic mass is 14.9. The van der Waals surface area contributed by atoms with Gasteiger partial charge in [0.1, 0.15) is 5.84 Å². The zero-order valence-electron chi connectivity index (χ0n) is 21.2. The van der Waals surface area contributed by atoms with Crippen molar-refractivity contribution in [2.45, 2.75) is 59.8 Å². The number of aliphatic imine (C=N–C) groups is 2. The van der Waals surface area contributed by atoms with E-state index in [9.17, 15) is 0 Å². The molecule has 0 aliphatic rings. The molecule has 172 valence electrons. The van der Waals surface area contributed by atoms with Crippen molar-refractivity contribution >= 4 is 11.7 Å². The van der Waals surface area contributed by atoms with Gasteiger partial charge in [-0.25, -0.2) is 4.99 Å². The molecule has 3 nitrogen and oxygen atoms in total. The summed E-state index contributed by atoms with van der Waals surface area (Å²) in [6.45, 7) is 13.4. The molecule has 0 radical (unpaired) electrons. The van der Waals surface area contributed by atoms with Gasteiger partial charge in [0.2, 0.25) is 0 Å². The summed E-state index contributed by atoms with van der Waals surface area (Å²) < 4.78 is 0. The number of amidine groups is 2. The Morgan fingerprint density at radius 2 is 1.33 bits per heavy atom. The van der Waals surface area contributed by atoms with Gasteiger partial charge in [-0.3, -0.25) is 4.99 Å². The Kier molecular flexibility index (Phi) is 7.53. The Morgan fingerprint density at radius 3 is 1.82 bits per heavy atom. The van der Waals surface area contributed by atoms with Crippen LogP contribution in [0.15, 0.2) is 70.6 Å². The second-order valence-corrected chi connectivity index (χ2v) is 9.24. The average Bonchev–Trinajstić information content (AvgIpc) is 2.82. The quantitative estimate of drug-likeness (QED) is 0.322. The van der Waals surface area contributed by atoms with E-state index in [4.69, 9.17) is 5.73 Å². The summed E-state index contributed by atoms with van der Waals surface area (Å²) in [7, 11) is 1.74. The zero-order chi connectivity index (χ0) is 24.2. The van der Waals surface area contributed by atoms with Crippen LogP contribution in [0.2, 0.25) is 0 Å². The third-order valence-corrected chi connectivity index (χ3v) is 7.01. The van der Waals surface area contributed by atoms with E-state index in [1.54, 1.807) is 7.05 Å². The number of benzene rings is 3. The van der Waals surface area contributed by atoms with Gasteiger partial charge in [-0.15, -0.1) is 0 Å². The predicted octanol–water partition coefficient (Wildman–Crippen LogP) is 7.14. The van der Waals surface area contributed by atoms with Crippen LogP contribution >= 0.6 is 0 Å². The number of hydrogen-bond acceptors (Lipinski definition) is 1. The van der Waals surface area contributed by atoms with Crippen molar-refractivity contribution in [1.29, 1.82) is 0 Å². The van der Waals surface area contributed by atoms with Crippen LogP contribution in [0.5, 0.6) is 0 Å². The smallest absolute Gasteiger partial charge is 0.156 e. The van der Waals surface area contributed by atoms with Crippen LogP contribution in [0, 0.1) is 20.8 Å². The van der Waals surface area contributed by atoms with E-state index in [0.717, 1.165) is 24.0 Å². The zero-order valence-corrected chi connectivity index (χ0v) is 21.2. The lowest BCUT2D eigenvalue weighted by atomic mass is 9.76. The van der Waals surface area contributed by atoms with Gasteiger partial charge in [0.15, 0.2) is 5.84 Å². The number of rotatable bonds is 6. The first-order valence-corrected chi connectivity index (χ1v) is 11.8. The number of hydrogen-bond donors (Lipinski definition) is 1. The van der Waals surface area contributed by atoms with Gasteiger partial charge in [0, 0.05) is 18.2 Å². The van der Waals surface area contributed by atoms with Crippen molar-refractivity contribution in [3.8, 4) is 11.1 Å². The maximum Gasteiger partial charge on any atom is 0.156 e. The summed E-state index contributed by atoms with van der Waals surface area (Å²) in [4.78, 5) is 8.94. The van der Waals surface area contributed by atoms with E-state index >= 15 is 0 Å². The lowest BCUT2D eigenvalue weighted by Gasteiger charge is -2.29. The summed E-state index contributed by atoms with van der Waals surface area (Å²) in [5.74, 6) is 1.10. The van der Waals surface area contributed by atoms with Crippen LogP contribution in [0.1, 0.15) is 67.0 Å². The van der Waals surface area contributed by atoms with E-state index in [2.05, 4.69) is 87.9 Å². The van der Waals surface area contributed by atoms with Gasteiger partial charge in [0.25, 0.3) is 0 Å². The fraction of sp³-hybridized carbons (Fsp3) is 0.333. The minimum atomic E-state index is 0.221. The van der Waals surface area contributed by atoms with E-state index in [-0.39, 0.29) is 5.41 Å². The minimum absolute atomic E-state index is 0.221. The monoisotopic (exact) mass is 439 g/mol. The van der Waals surface area contributed by atoms with E-state index in [1.807, 2.05) is 24.3 Å². The fourth-order valence-electron chi connectivity index (χ4n) is 4.36. The minimum Gasteiger partial charge on any atom is -0.383 e. The van der Waals surface area contributed by atoms with Crippen molar-refractivity contribution in [2.24, 2.45) is 15.7 Å². The lowest BCUT2D eigenvalue weighted by molar-refractivity contribution is 0.438. The Bertz CT molecular complexity index is 1140. The maximum atomic E-state index is 6.35. The molecule has 0 unspecified atom stereocenters. The van der Waals surface area contributed by atoms with E-state index < -0.39 is 0 Å². The first-order valence-electron chi connectivity index (χ1n) is 11.8. The highest BCUT2D eigenvalue weighted by molar-refractivity contribution is 6.11. The van der Waals surface area contributed by atoms with Gasteiger partial charge < -0.3 is 5.73 Å². The molecule has 3 aromatic rings. The maximum absolute atomic E-state index is 6.35. The molecule has 0 amide bonds.